The summed E-state index contributed by atoms with van der Waals surface area (Å²) in [5, 5.41) is 13.6. The van der Waals surface area contributed by atoms with Crippen LogP contribution in [0.25, 0.3) is 0 Å². The van der Waals surface area contributed by atoms with E-state index in [1.54, 1.807) is 12.1 Å². The quantitative estimate of drug-likeness (QED) is 0.585. The SMILES string of the molecule is O=C(C[NH+]1CCN(c2cccc(C(F)(F)F)c2)CC1)Nc1ccccc1[N+](=O)[O-]. The van der Waals surface area contributed by atoms with Crippen LogP contribution < -0.4 is 15.1 Å². The Kier molecular flexibility index (Phi) is 6.02. The average molecular weight is 409 g/mol. The molecule has 29 heavy (non-hydrogen) atoms. The van der Waals surface area contributed by atoms with Crippen molar-refractivity contribution in [1.82, 2.24) is 0 Å². The summed E-state index contributed by atoms with van der Waals surface area (Å²) < 4.78 is 38.7. The maximum Gasteiger partial charge on any atom is 0.416 e. The minimum Gasteiger partial charge on any atom is -0.360 e. The summed E-state index contributed by atoms with van der Waals surface area (Å²) in [5.41, 5.74) is -0.216. The van der Waals surface area contributed by atoms with Crippen molar-refractivity contribution in [2.24, 2.45) is 0 Å². The number of rotatable bonds is 5. The monoisotopic (exact) mass is 409 g/mol. The molecule has 10 heteroatoms. The molecule has 1 saturated heterocycles. The number of nitro benzene ring substituents is 1. The highest BCUT2D eigenvalue weighted by atomic mass is 19.4. The number of anilines is 2. The zero-order chi connectivity index (χ0) is 21.0. The molecule has 2 aromatic carbocycles. The van der Waals surface area contributed by atoms with Gasteiger partial charge in [-0.2, -0.15) is 13.2 Å². The van der Waals surface area contributed by atoms with Crippen LogP contribution in [0, 0.1) is 10.1 Å². The van der Waals surface area contributed by atoms with Gasteiger partial charge in [-0.3, -0.25) is 14.9 Å². The lowest BCUT2D eigenvalue weighted by Gasteiger charge is -2.33. The van der Waals surface area contributed by atoms with Gasteiger partial charge in [-0.05, 0) is 24.3 Å². The van der Waals surface area contributed by atoms with Crippen LogP contribution in [0.3, 0.4) is 0 Å². The first kappa shape index (κ1) is 20.6. The highest BCUT2D eigenvalue weighted by molar-refractivity contribution is 5.93. The number of carbonyl (C=O) groups is 1. The molecule has 1 amide bonds. The highest BCUT2D eigenvalue weighted by Crippen LogP contribution is 2.31. The van der Waals surface area contributed by atoms with E-state index in [0.29, 0.717) is 31.9 Å². The smallest absolute Gasteiger partial charge is 0.360 e. The molecule has 2 N–H and O–H groups in total. The zero-order valence-electron chi connectivity index (χ0n) is 15.4. The van der Waals surface area contributed by atoms with Gasteiger partial charge in [0.1, 0.15) is 5.69 Å². The predicted octanol–water partition coefficient (Wildman–Crippen LogP) is 1.96. The molecular formula is C19H20F3N4O3+. The number of nitrogens with one attached hydrogen (secondary N) is 2. The van der Waals surface area contributed by atoms with Gasteiger partial charge in [-0.15, -0.1) is 0 Å². The number of para-hydroxylation sites is 2. The minimum atomic E-state index is -4.39. The van der Waals surface area contributed by atoms with E-state index in [9.17, 15) is 28.1 Å². The summed E-state index contributed by atoms with van der Waals surface area (Å²) in [5.74, 6) is -0.346. The second-order valence-electron chi connectivity index (χ2n) is 6.78. The molecule has 0 radical (unpaired) electrons. The third kappa shape index (κ3) is 5.23. The summed E-state index contributed by atoms with van der Waals surface area (Å²) in [6, 6.07) is 11.1. The molecule has 154 valence electrons. The Morgan fingerprint density at radius 2 is 1.83 bits per heavy atom. The molecular weight excluding hydrogens is 389 g/mol. The Labute approximate surface area is 164 Å². The second-order valence-corrected chi connectivity index (χ2v) is 6.78. The predicted molar refractivity (Wildman–Crippen MR) is 101 cm³/mol. The van der Waals surface area contributed by atoms with Gasteiger partial charge in [0.25, 0.3) is 11.6 Å². The van der Waals surface area contributed by atoms with E-state index in [4.69, 9.17) is 0 Å². The number of halogens is 3. The molecule has 1 aliphatic heterocycles. The molecule has 0 atom stereocenters. The first-order valence-electron chi connectivity index (χ1n) is 9.03. The fourth-order valence-electron chi connectivity index (χ4n) is 3.30. The molecule has 3 rings (SSSR count). The zero-order valence-corrected chi connectivity index (χ0v) is 15.4. The number of quaternary nitrogens is 1. The summed E-state index contributed by atoms with van der Waals surface area (Å²) in [6.45, 7) is 2.29. The number of hydrogen-bond donors (Lipinski definition) is 2. The second kappa shape index (κ2) is 8.48. The summed E-state index contributed by atoms with van der Waals surface area (Å²) in [7, 11) is 0. The van der Waals surface area contributed by atoms with Crippen molar-refractivity contribution < 1.29 is 27.8 Å². The van der Waals surface area contributed by atoms with E-state index in [1.165, 1.54) is 24.3 Å². The maximum absolute atomic E-state index is 12.9. The third-order valence-corrected chi connectivity index (χ3v) is 4.79. The van der Waals surface area contributed by atoms with Crippen LogP contribution in [0.5, 0.6) is 0 Å². The Balaban J connectivity index is 1.55. The van der Waals surface area contributed by atoms with E-state index in [0.717, 1.165) is 17.0 Å². The number of carbonyl (C=O) groups excluding carboxylic acids is 1. The van der Waals surface area contributed by atoms with Crippen LogP contribution in [-0.2, 0) is 11.0 Å². The molecule has 0 aromatic heterocycles. The lowest BCUT2D eigenvalue weighted by atomic mass is 10.1. The molecule has 0 saturated carbocycles. The van der Waals surface area contributed by atoms with E-state index >= 15 is 0 Å². The van der Waals surface area contributed by atoms with Gasteiger partial charge in [0.05, 0.1) is 36.7 Å². The maximum atomic E-state index is 12.9. The van der Waals surface area contributed by atoms with Gasteiger partial charge >= 0.3 is 6.18 Å². The Bertz CT molecular complexity index is 896. The highest BCUT2D eigenvalue weighted by Gasteiger charge is 2.31. The van der Waals surface area contributed by atoms with Crippen molar-refractivity contribution in [3.05, 3.63) is 64.2 Å². The van der Waals surface area contributed by atoms with Crippen molar-refractivity contribution in [2.75, 3.05) is 42.9 Å². The minimum absolute atomic E-state index is 0.127. The number of benzene rings is 2. The molecule has 2 aromatic rings. The van der Waals surface area contributed by atoms with Gasteiger partial charge in [0.15, 0.2) is 6.54 Å². The molecule has 0 spiro atoms. The lowest BCUT2D eigenvalue weighted by Crippen LogP contribution is -3.15. The van der Waals surface area contributed by atoms with E-state index in [2.05, 4.69) is 5.32 Å². The number of nitrogens with zero attached hydrogens (tertiary/aromatic N) is 2. The fraction of sp³-hybridized carbons (Fsp3) is 0.316. The molecule has 0 unspecified atom stereocenters. The van der Waals surface area contributed by atoms with E-state index in [1.807, 2.05) is 4.90 Å². The standard InChI is InChI=1S/C19H19F3N4O3/c20-19(21,22)14-4-3-5-15(12-14)25-10-8-24(9-11-25)13-18(27)23-16-6-1-2-7-17(16)26(28)29/h1-7,12H,8-11,13H2,(H,23,27)/p+1. The van der Waals surface area contributed by atoms with Crippen LogP contribution in [0.15, 0.2) is 48.5 Å². The van der Waals surface area contributed by atoms with Crippen LogP contribution in [0.1, 0.15) is 5.56 Å². The van der Waals surface area contributed by atoms with Crippen LogP contribution in [-0.4, -0.2) is 43.6 Å². The van der Waals surface area contributed by atoms with E-state index < -0.39 is 16.7 Å². The molecule has 1 fully saturated rings. The van der Waals surface area contributed by atoms with Crippen molar-refractivity contribution in [3.63, 3.8) is 0 Å². The number of hydrogen-bond acceptors (Lipinski definition) is 4. The summed E-state index contributed by atoms with van der Waals surface area (Å²) in [6.07, 6.45) is -4.39. The number of piperazine rings is 1. The van der Waals surface area contributed by atoms with Crippen molar-refractivity contribution in [1.29, 1.82) is 0 Å². The van der Waals surface area contributed by atoms with Gasteiger partial charge in [-0.1, -0.05) is 18.2 Å². The number of nitro groups is 1. The number of amides is 1. The normalized spacial score (nSPS) is 15.2. The van der Waals surface area contributed by atoms with Crippen LogP contribution in [0.4, 0.5) is 30.2 Å². The van der Waals surface area contributed by atoms with Crippen molar-refractivity contribution in [2.45, 2.75) is 6.18 Å². The fourth-order valence-corrected chi connectivity index (χ4v) is 3.30. The van der Waals surface area contributed by atoms with Crippen LogP contribution in [0.2, 0.25) is 0 Å². The Morgan fingerprint density at radius 1 is 1.14 bits per heavy atom. The van der Waals surface area contributed by atoms with Gasteiger partial charge in [-0.25, -0.2) is 0 Å². The van der Waals surface area contributed by atoms with E-state index in [-0.39, 0.29) is 23.8 Å². The third-order valence-electron chi connectivity index (χ3n) is 4.79. The molecule has 0 aliphatic carbocycles. The molecule has 1 heterocycles. The number of alkyl halides is 3. The Hall–Kier alpha value is -3.14. The topological polar surface area (TPSA) is 79.9 Å². The average Bonchev–Trinajstić information content (AvgIpc) is 2.68. The molecule has 0 bridgehead atoms. The first-order chi connectivity index (χ1) is 13.7. The summed E-state index contributed by atoms with van der Waals surface area (Å²) >= 11 is 0. The van der Waals surface area contributed by atoms with Crippen molar-refractivity contribution in [3.8, 4) is 0 Å². The van der Waals surface area contributed by atoms with Gasteiger partial charge in [0.2, 0.25) is 0 Å². The summed E-state index contributed by atoms with van der Waals surface area (Å²) in [4.78, 5) is 25.6. The first-order valence-corrected chi connectivity index (χ1v) is 9.03. The Morgan fingerprint density at radius 3 is 2.48 bits per heavy atom. The van der Waals surface area contributed by atoms with Gasteiger partial charge < -0.3 is 15.1 Å². The van der Waals surface area contributed by atoms with Crippen molar-refractivity contribution >= 4 is 23.0 Å². The van der Waals surface area contributed by atoms with Gasteiger partial charge in [0, 0.05) is 11.8 Å². The van der Waals surface area contributed by atoms with Crippen LogP contribution >= 0.6 is 0 Å². The molecule has 7 nitrogen and oxygen atoms in total. The largest absolute Gasteiger partial charge is 0.416 e. The lowest BCUT2D eigenvalue weighted by molar-refractivity contribution is -0.892. The molecule has 1 aliphatic rings.